The normalized spacial score (nSPS) is 14.0. The summed E-state index contributed by atoms with van der Waals surface area (Å²) in [6.07, 6.45) is 0.965. The van der Waals surface area contributed by atoms with Crippen LogP contribution >= 0.6 is 11.3 Å². The van der Waals surface area contributed by atoms with E-state index in [4.69, 9.17) is 9.73 Å². The van der Waals surface area contributed by atoms with Crippen LogP contribution in [0.25, 0.3) is 16.1 Å². The van der Waals surface area contributed by atoms with Crippen LogP contribution in [-0.2, 0) is 25.9 Å². The molecule has 1 amide bonds. The maximum absolute atomic E-state index is 14.2. The Labute approximate surface area is 281 Å². The largest absolute Gasteiger partial charge is 0.469 e. The zero-order valence-corrected chi connectivity index (χ0v) is 28.5. The number of nitrogens with zero attached hydrogens (tertiary/aromatic N) is 4. The predicted molar refractivity (Wildman–Crippen MR) is 181 cm³/mol. The minimum absolute atomic E-state index is 0.0233. The third-order valence-corrected chi connectivity index (χ3v) is 10.6. The molecule has 13 heteroatoms. The van der Waals surface area contributed by atoms with E-state index in [1.54, 1.807) is 23.5 Å². The number of sulfone groups is 1. The fourth-order valence-electron chi connectivity index (χ4n) is 5.64. The Balaban J connectivity index is 1.23. The number of aryl methyl sites for hydroxylation is 2. The van der Waals surface area contributed by atoms with Gasteiger partial charge in [0.15, 0.2) is 15.7 Å². The molecule has 5 aromatic rings. The molecule has 1 aliphatic rings. The number of thiophene rings is 1. The summed E-state index contributed by atoms with van der Waals surface area (Å²) in [6, 6.07) is 18.3. The molecule has 1 atom stereocenters. The van der Waals surface area contributed by atoms with Crippen LogP contribution in [0.5, 0.6) is 0 Å². The first-order valence-electron chi connectivity index (χ1n) is 15.0. The van der Waals surface area contributed by atoms with Gasteiger partial charge in [-0.3, -0.25) is 19.1 Å². The van der Waals surface area contributed by atoms with Gasteiger partial charge >= 0.3 is 5.97 Å². The molecule has 3 heterocycles. The number of hydrogen-bond donors (Lipinski definition) is 1. The number of fused-ring (bicyclic) bond motifs is 3. The summed E-state index contributed by atoms with van der Waals surface area (Å²) in [5.74, 6) is -0.290. The van der Waals surface area contributed by atoms with Crippen molar-refractivity contribution in [2.24, 2.45) is 4.99 Å². The van der Waals surface area contributed by atoms with Crippen molar-refractivity contribution in [3.63, 3.8) is 0 Å². The van der Waals surface area contributed by atoms with Gasteiger partial charge in [-0.2, -0.15) is 0 Å². The summed E-state index contributed by atoms with van der Waals surface area (Å²) >= 11 is 1.64. The average molecular weight is 686 g/mol. The smallest absolute Gasteiger partial charge is 0.308 e. The first-order chi connectivity index (χ1) is 22.8. The summed E-state index contributed by atoms with van der Waals surface area (Å²) in [4.78, 5) is 31.1. The molecule has 0 radical (unpaired) electrons. The van der Waals surface area contributed by atoms with E-state index in [-0.39, 0.29) is 23.8 Å². The third-order valence-electron chi connectivity index (χ3n) is 8.31. The Kier molecular flexibility index (Phi) is 8.84. The van der Waals surface area contributed by atoms with Crippen molar-refractivity contribution in [2.75, 3.05) is 13.4 Å². The van der Waals surface area contributed by atoms with Gasteiger partial charge in [-0.1, -0.05) is 42.5 Å². The number of aromatic nitrogens is 3. The fraction of sp³-hybridized carbons (Fsp3) is 0.229. The number of carbonyl (C=O) groups excluding carboxylic acids is 2. The van der Waals surface area contributed by atoms with Crippen molar-refractivity contribution < 1.29 is 27.1 Å². The predicted octanol–water partition coefficient (Wildman–Crippen LogP) is 5.85. The number of halogens is 1. The number of benzene rings is 3. The molecule has 1 N–H and O–H groups in total. The molecule has 2 aromatic heterocycles. The summed E-state index contributed by atoms with van der Waals surface area (Å²) in [5.41, 5.74) is 6.40. The Morgan fingerprint density at radius 3 is 2.23 bits per heavy atom. The molecule has 0 fully saturated rings. The van der Waals surface area contributed by atoms with Crippen LogP contribution in [0, 0.1) is 26.6 Å². The number of amides is 1. The molecule has 6 rings (SSSR count). The van der Waals surface area contributed by atoms with Crippen LogP contribution in [0.4, 0.5) is 4.39 Å². The standard InChI is InChI=1S/C35H32FN5O5S2/c1-19-20(2)47-35-31(19)32(38-28(17-30(42)46-4)33-40-39-21(3)41(33)35)25-11-7-23(8-12-25)24-9-13-26(14-10-24)34(43)37-18-22-6-15-29(27(36)16-22)48(5,44)45/h6-16,28H,17-18H2,1-5H3,(H,37,43)/t28-/m0/s1. The molecule has 3 aromatic carbocycles. The van der Waals surface area contributed by atoms with Gasteiger partial charge in [0.1, 0.15) is 27.6 Å². The minimum Gasteiger partial charge on any atom is -0.469 e. The van der Waals surface area contributed by atoms with Crippen molar-refractivity contribution in [3.05, 3.63) is 117 Å². The van der Waals surface area contributed by atoms with Crippen molar-refractivity contribution in [3.8, 4) is 16.1 Å². The first-order valence-corrected chi connectivity index (χ1v) is 17.7. The third kappa shape index (κ3) is 6.30. The SMILES string of the molecule is COC(=O)C[C@@H]1N=C(c2ccc(-c3ccc(C(=O)NCc4ccc(S(C)(=O)=O)c(F)c4)cc3)cc2)c2c(sc(C)c2C)-n2c(C)nnc21. The van der Waals surface area contributed by atoms with Crippen LogP contribution in [0.1, 0.15) is 61.6 Å². The number of nitrogens with one attached hydrogen (secondary N) is 1. The number of esters is 1. The summed E-state index contributed by atoms with van der Waals surface area (Å²) < 4.78 is 44.5. The fourth-order valence-corrected chi connectivity index (χ4v) is 7.58. The highest BCUT2D eigenvalue weighted by molar-refractivity contribution is 7.90. The highest BCUT2D eigenvalue weighted by Gasteiger charge is 2.32. The van der Waals surface area contributed by atoms with Gasteiger partial charge in [-0.15, -0.1) is 21.5 Å². The summed E-state index contributed by atoms with van der Waals surface area (Å²) in [6.45, 7) is 6.06. The Bertz CT molecular complexity index is 2200. The minimum atomic E-state index is -3.68. The van der Waals surface area contributed by atoms with Gasteiger partial charge in [0.25, 0.3) is 5.91 Å². The van der Waals surface area contributed by atoms with Crippen molar-refractivity contribution >= 4 is 38.8 Å². The lowest BCUT2D eigenvalue weighted by atomic mass is 9.96. The number of carbonyl (C=O) groups is 2. The average Bonchev–Trinajstić information content (AvgIpc) is 3.54. The second-order valence-electron chi connectivity index (χ2n) is 11.6. The lowest BCUT2D eigenvalue weighted by Gasteiger charge is -2.12. The summed E-state index contributed by atoms with van der Waals surface area (Å²) in [5, 5.41) is 12.4. The highest BCUT2D eigenvalue weighted by Crippen LogP contribution is 2.39. The Morgan fingerprint density at radius 2 is 1.60 bits per heavy atom. The molecule has 0 unspecified atom stereocenters. The monoisotopic (exact) mass is 685 g/mol. The van der Waals surface area contributed by atoms with E-state index in [0.717, 1.165) is 55.7 Å². The van der Waals surface area contributed by atoms with E-state index in [1.807, 2.05) is 47.9 Å². The van der Waals surface area contributed by atoms with Crippen molar-refractivity contribution in [1.82, 2.24) is 20.1 Å². The van der Waals surface area contributed by atoms with E-state index in [9.17, 15) is 22.4 Å². The van der Waals surface area contributed by atoms with Gasteiger partial charge in [0.2, 0.25) is 0 Å². The van der Waals surface area contributed by atoms with Gasteiger partial charge in [0, 0.05) is 34.4 Å². The zero-order chi connectivity index (χ0) is 34.3. The number of methoxy groups -OCH3 is 1. The van der Waals surface area contributed by atoms with Gasteiger partial charge in [0.05, 0.1) is 19.2 Å². The second kappa shape index (κ2) is 12.9. The number of aliphatic imine (C=N–C) groups is 1. The maximum atomic E-state index is 14.2. The molecule has 1 aliphatic heterocycles. The zero-order valence-electron chi connectivity index (χ0n) is 26.9. The van der Waals surface area contributed by atoms with E-state index in [0.29, 0.717) is 22.8 Å². The molecule has 246 valence electrons. The lowest BCUT2D eigenvalue weighted by molar-refractivity contribution is -0.141. The molecular formula is C35H32FN5O5S2. The number of hydrogen-bond acceptors (Lipinski definition) is 9. The Hall–Kier alpha value is -5.01. The molecule has 0 spiro atoms. The Morgan fingerprint density at radius 1 is 0.958 bits per heavy atom. The molecule has 0 bridgehead atoms. The molecule has 10 nitrogen and oxygen atoms in total. The quantitative estimate of drug-likeness (QED) is 0.203. The molecule has 0 saturated heterocycles. The van der Waals surface area contributed by atoms with Crippen LogP contribution in [0.2, 0.25) is 0 Å². The van der Waals surface area contributed by atoms with E-state index in [2.05, 4.69) is 29.4 Å². The molecule has 0 aliphatic carbocycles. The van der Waals surface area contributed by atoms with Gasteiger partial charge in [-0.05, 0) is 67.3 Å². The van der Waals surface area contributed by atoms with Crippen LogP contribution in [-0.4, -0.2) is 54.1 Å². The van der Waals surface area contributed by atoms with Gasteiger partial charge in [-0.25, -0.2) is 12.8 Å². The van der Waals surface area contributed by atoms with Gasteiger partial charge < -0.3 is 10.1 Å². The van der Waals surface area contributed by atoms with E-state index >= 15 is 0 Å². The number of ether oxygens (including phenoxy) is 1. The van der Waals surface area contributed by atoms with E-state index < -0.39 is 27.7 Å². The van der Waals surface area contributed by atoms with Crippen LogP contribution in [0.3, 0.4) is 0 Å². The second-order valence-corrected chi connectivity index (χ2v) is 14.7. The van der Waals surface area contributed by atoms with E-state index in [1.165, 1.54) is 19.2 Å². The number of rotatable bonds is 8. The van der Waals surface area contributed by atoms with Crippen molar-refractivity contribution in [1.29, 1.82) is 0 Å². The topological polar surface area (TPSA) is 133 Å². The van der Waals surface area contributed by atoms with Crippen LogP contribution < -0.4 is 5.32 Å². The molecular weight excluding hydrogens is 654 g/mol. The lowest BCUT2D eigenvalue weighted by Crippen LogP contribution is -2.22. The first kappa shape index (κ1) is 32.9. The summed E-state index contributed by atoms with van der Waals surface area (Å²) in [7, 11) is -2.32. The van der Waals surface area contributed by atoms with Crippen LogP contribution in [0.15, 0.2) is 76.6 Å². The highest BCUT2D eigenvalue weighted by atomic mass is 32.2. The molecule has 0 saturated carbocycles. The van der Waals surface area contributed by atoms with Crippen molar-refractivity contribution in [2.45, 2.75) is 44.7 Å². The molecule has 48 heavy (non-hydrogen) atoms. The maximum Gasteiger partial charge on any atom is 0.308 e.